The average molecular weight is 162 g/mol. The second-order valence-electron chi connectivity index (χ2n) is 2.13. The number of carboxylic acids is 1. The summed E-state index contributed by atoms with van der Waals surface area (Å²) in [6.45, 7) is 1.25. The van der Waals surface area contributed by atoms with Crippen LogP contribution in [0.15, 0.2) is 0 Å². The van der Waals surface area contributed by atoms with E-state index in [0.717, 1.165) is 0 Å². The van der Waals surface area contributed by atoms with E-state index >= 15 is 0 Å². The zero-order chi connectivity index (χ0) is 8.69. The number of hydrogen-bond donors (Lipinski definition) is 3. The third-order valence-electron chi connectivity index (χ3n) is 1.15. The molecule has 0 saturated carbocycles. The van der Waals surface area contributed by atoms with Crippen molar-refractivity contribution < 1.29 is 14.6 Å². The molecule has 0 saturated heterocycles. The van der Waals surface area contributed by atoms with Crippen LogP contribution in [0.3, 0.4) is 0 Å². The van der Waals surface area contributed by atoms with E-state index in [0.29, 0.717) is 26.2 Å². The molecule has 0 amide bonds. The number of aliphatic carboxylic acids is 1. The fourth-order valence-electron chi connectivity index (χ4n) is 0.519. The molecule has 1 atom stereocenters. The van der Waals surface area contributed by atoms with Crippen LogP contribution >= 0.6 is 0 Å². The van der Waals surface area contributed by atoms with Gasteiger partial charge in [0.2, 0.25) is 0 Å². The van der Waals surface area contributed by atoms with E-state index in [1.54, 1.807) is 0 Å². The SMILES string of the molecule is NCCOCC[C@@H](N)C(=O)O. The third-order valence-corrected chi connectivity index (χ3v) is 1.15. The summed E-state index contributed by atoms with van der Waals surface area (Å²) in [6, 6.07) is -0.826. The molecule has 5 N–H and O–H groups in total. The number of hydrogen-bond acceptors (Lipinski definition) is 4. The average Bonchev–Trinajstić information content (AvgIpc) is 1.97. The first-order chi connectivity index (χ1) is 5.18. The van der Waals surface area contributed by atoms with Gasteiger partial charge >= 0.3 is 5.97 Å². The van der Waals surface area contributed by atoms with Crippen LogP contribution in [-0.2, 0) is 9.53 Å². The van der Waals surface area contributed by atoms with Crippen LogP contribution in [-0.4, -0.2) is 36.9 Å². The minimum atomic E-state index is -0.999. The highest BCUT2D eigenvalue weighted by molar-refractivity contribution is 5.72. The standard InChI is InChI=1S/C6H14N2O3/c7-2-4-11-3-1-5(8)6(9)10/h5H,1-4,7-8H2,(H,9,10)/t5-/m1/s1. The summed E-state index contributed by atoms with van der Waals surface area (Å²) < 4.78 is 4.94. The Bertz CT molecular complexity index is 118. The van der Waals surface area contributed by atoms with Crippen molar-refractivity contribution in [1.29, 1.82) is 0 Å². The second-order valence-corrected chi connectivity index (χ2v) is 2.13. The van der Waals surface area contributed by atoms with Gasteiger partial charge in [0.25, 0.3) is 0 Å². The van der Waals surface area contributed by atoms with Gasteiger partial charge in [0, 0.05) is 13.2 Å². The first-order valence-corrected chi connectivity index (χ1v) is 3.44. The van der Waals surface area contributed by atoms with Gasteiger partial charge in [-0.2, -0.15) is 0 Å². The van der Waals surface area contributed by atoms with E-state index in [-0.39, 0.29) is 0 Å². The highest BCUT2D eigenvalue weighted by atomic mass is 16.5. The maximum absolute atomic E-state index is 10.2. The number of carbonyl (C=O) groups is 1. The summed E-state index contributed by atoms with van der Waals surface area (Å²) >= 11 is 0. The molecule has 0 rings (SSSR count). The molecule has 5 heteroatoms. The van der Waals surface area contributed by atoms with Gasteiger partial charge in [-0.3, -0.25) is 4.79 Å². The number of carboxylic acid groups (broad SMARTS) is 1. The minimum Gasteiger partial charge on any atom is -0.480 e. The topological polar surface area (TPSA) is 98.6 Å². The van der Waals surface area contributed by atoms with E-state index in [1.165, 1.54) is 0 Å². The smallest absolute Gasteiger partial charge is 0.320 e. The lowest BCUT2D eigenvalue weighted by molar-refractivity contribution is -0.139. The Balaban J connectivity index is 3.17. The minimum absolute atomic E-state index is 0.329. The molecular formula is C6H14N2O3. The van der Waals surface area contributed by atoms with Crippen LogP contribution in [0.5, 0.6) is 0 Å². The maximum Gasteiger partial charge on any atom is 0.320 e. The molecule has 66 valence electrons. The van der Waals surface area contributed by atoms with E-state index in [2.05, 4.69) is 0 Å². The molecule has 0 aromatic rings. The highest BCUT2D eigenvalue weighted by Gasteiger charge is 2.09. The molecule has 0 aliphatic heterocycles. The Kier molecular flexibility index (Phi) is 5.73. The predicted octanol–water partition coefficient (Wildman–Crippen LogP) is -1.24. The molecule has 0 spiro atoms. The maximum atomic E-state index is 10.2. The highest BCUT2D eigenvalue weighted by Crippen LogP contribution is 1.88. The predicted molar refractivity (Wildman–Crippen MR) is 40.1 cm³/mol. The van der Waals surface area contributed by atoms with E-state index in [9.17, 15) is 4.79 Å². The lowest BCUT2D eigenvalue weighted by atomic mass is 10.2. The van der Waals surface area contributed by atoms with Crippen LogP contribution < -0.4 is 11.5 Å². The van der Waals surface area contributed by atoms with Gasteiger partial charge in [0.1, 0.15) is 6.04 Å². The van der Waals surface area contributed by atoms with Crippen LogP contribution in [0.25, 0.3) is 0 Å². The Hall–Kier alpha value is -0.650. The lowest BCUT2D eigenvalue weighted by Crippen LogP contribution is -2.31. The number of nitrogens with two attached hydrogens (primary N) is 2. The van der Waals surface area contributed by atoms with Gasteiger partial charge in [-0.1, -0.05) is 0 Å². The van der Waals surface area contributed by atoms with Crippen molar-refractivity contribution in [2.75, 3.05) is 19.8 Å². The summed E-state index contributed by atoms with van der Waals surface area (Å²) in [5.41, 5.74) is 10.3. The second kappa shape index (κ2) is 6.09. The summed E-state index contributed by atoms with van der Waals surface area (Å²) in [5.74, 6) is -0.999. The molecule has 0 unspecified atom stereocenters. The fourth-order valence-corrected chi connectivity index (χ4v) is 0.519. The van der Waals surface area contributed by atoms with Crippen molar-refractivity contribution in [2.45, 2.75) is 12.5 Å². The quantitative estimate of drug-likeness (QED) is 0.424. The van der Waals surface area contributed by atoms with Crippen molar-refractivity contribution in [3.63, 3.8) is 0 Å². The normalized spacial score (nSPS) is 12.9. The summed E-state index contributed by atoms with van der Waals surface area (Å²) in [5, 5.41) is 8.33. The van der Waals surface area contributed by atoms with Crippen LogP contribution in [0.4, 0.5) is 0 Å². The van der Waals surface area contributed by atoms with Gasteiger partial charge in [-0.05, 0) is 6.42 Å². The monoisotopic (exact) mass is 162 g/mol. The van der Waals surface area contributed by atoms with E-state index < -0.39 is 12.0 Å². The van der Waals surface area contributed by atoms with Crippen molar-refractivity contribution in [1.82, 2.24) is 0 Å². The van der Waals surface area contributed by atoms with Gasteiger partial charge in [-0.15, -0.1) is 0 Å². The molecule has 0 radical (unpaired) electrons. The van der Waals surface area contributed by atoms with Crippen LogP contribution in [0, 0.1) is 0 Å². The molecule has 11 heavy (non-hydrogen) atoms. The molecule has 0 aliphatic carbocycles. The Labute approximate surface area is 65.3 Å². The molecule has 0 aromatic carbocycles. The van der Waals surface area contributed by atoms with Gasteiger partial charge in [0.05, 0.1) is 6.61 Å². The Morgan fingerprint density at radius 3 is 2.64 bits per heavy atom. The van der Waals surface area contributed by atoms with Crippen LogP contribution in [0.1, 0.15) is 6.42 Å². The first-order valence-electron chi connectivity index (χ1n) is 3.44. The van der Waals surface area contributed by atoms with E-state index in [4.69, 9.17) is 21.3 Å². The fraction of sp³-hybridized carbons (Fsp3) is 0.833. The van der Waals surface area contributed by atoms with E-state index in [1.807, 2.05) is 0 Å². The van der Waals surface area contributed by atoms with Crippen molar-refractivity contribution in [2.24, 2.45) is 11.5 Å². The lowest BCUT2D eigenvalue weighted by Gasteiger charge is -2.05. The Morgan fingerprint density at radius 2 is 2.18 bits per heavy atom. The largest absolute Gasteiger partial charge is 0.480 e. The molecule has 0 bridgehead atoms. The summed E-state index contributed by atoms with van der Waals surface area (Å²) in [4.78, 5) is 10.2. The molecule has 0 heterocycles. The first kappa shape index (κ1) is 10.3. The number of ether oxygens (including phenoxy) is 1. The zero-order valence-electron chi connectivity index (χ0n) is 6.32. The molecular weight excluding hydrogens is 148 g/mol. The molecule has 0 aromatic heterocycles. The summed E-state index contributed by atoms with van der Waals surface area (Å²) in [7, 11) is 0. The van der Waals surface area contributed by atoms with Crippen LogP contribution in [0.2, 0.25) is 0 Å². The van der Waals surface area contributed by atoms with Crippen molar-refractivity contribution >= 4 is 5.97 Å². The van der Waals surface area contributed by atoms with Gasteiger partial charge in [0.15, 0.2) is 0 Å². The summed E-state index contributed by atoms with van der Waals surface area (Å²) in [6.07, 6.45) is 0.329. The van der Waals surface area contributed by atoms with Crippen molar-refractivity contribution in [3.05, 3.63) is 0 Å². The molecule has 0 aliphatic rings. The van der Waals surface area contributed by atoms with Crippen molar-refractivity contribution in [3.8, 4) is 0 Å². The van der Waals surface area contributed by atoms with Gasteiger partial charge < -0.3 is 21.3 Å². The molecule has 0 fully saturated rings. The van der Waals surface area contributed by atoms with Gasteiger partial charge in [-0.25, -0.2) is 0 Å². The Morgan fingerprint density at radius 1 is 1.55 bits per heavy atom. The zero-order valence-corrected chi connectivity index (χ0v) is 6.32. The number of rotatable bonds is 6. The molecule has 5 nitrogen and oxygen atoms in total. The third kappa shape index (κ3) is 5.78.